The minimum absolute atomic E-state index is 0.157. The van der Waals surface area contributed by atoms with E-state index in [-0.39, 0.29) is 24.7 Å². The van der Waals surface area contributed by atoms with Crippen molar-refractivity contribution in [2.75, 3.05) is 18.4 Å². The topological polar surface area (TPSA) is 82.2 Å². The fourth-order valence-corrected chi connectivity index (χ4v) is 4.40. The van der Waals surface area contributed by atoms with Gasteiger partial charge in [-0.15, -0.1) is 0 Å². The quantitative estimate of drug-likeness (QED) is 0.564. The van der Waals surface area contributed by atoms with Crippen LogP contribution in [0.1, 0.15) is 55.1 Å². The largest absolute Gasteiger partial charge is 0.419 e. The molecule has 11 heteroatoms. The molecule has 3 N–H and O–H groups in total. The highest BCUT2D eigenvalue weighted by atomic mass is 19.4. The number of nitrogens with one attached hydrogen (secondary N) is 3. The lowest BCUT2D eigenvalue weighted by atomic mass is 9.96. The number of hydrogen-bond donors (Lipinski definition) is 3. The van der Waals surface area contributed by atoms with E-state index in [0.717, 1.165) is 36.4 Å². The van der Waals surface area contributed by atoms with E-state index in [1.54, 1.807) is 11.1 Å². The van der Waals surface area contributed by atoms with Crippen LogP contribution in [0.3, 0.4) is 0 Å². The summed E-state index contributed by atoms with van der Waals surface area (Å²) in [5, 5.41) is 9.33. The minimum Gasteiger partial charge on any atom is -0.352 e. The maximum Gasteiger partial charge on any atom is 0.419 e. The molecule has 4 rings (SSSR count). The number of carbonyl (C=O) groups is 1. The first-order valence-corrected chi connectivity index (χ1v) is 11.4. The van der Waals surface area contributed by atoms with Crippen LogP contribution in [0, 0.1) is 5.82 Å². The van der Waals surface area contributed by atoms with Gasteiger partial charge in [0.05, 0.1) is 23.8 Å². The third-order valence-electron chi connectivity index (χ3n) is 6.09. The van der Waals surface area contributed by atoms with Crippen LogP contribution in [0.5, 0.6) is 0 Å². The third kappa shape index (κ3) is 5.40. The Balaban J connectivity index is 1.52. The molecule has 1 aromatic heterocycles. The van der Waals surface area contributed by atoms with Crippen molar-refractivity contribution >= 4 is 12.0 Å². The molecule has 7 nitrogen and oxygen atoms in total. The van der Waals surface area contributed by atoms with Crippen molar-refractivity contribution in [3.05, 3.63) is 52.6 Å². The molecule has 0 bridgehead atoms. The first-order valence-electron chi connectivity index (χ1n) is 11.4. The van der Waals surface area contributed by atoms with Crippen LogP contribution in [0.25, 0.3) is 0 Å². The molecule has 0 unspecified atom stereocenters. The van der Waals surface area contributed by atoms with E-state index in [2.05, 4.69) is 25.9 Å². The van der Waals surface area contributed by atoms with Gasteiger partial charge in [0.2, 0.25) is 5.95 Å². The summed E-state index contributed by atoms with van der Waals surface area (Å²) in [6, 6.07) is 1.75. The molecule has 0 radical (unpaired) electrons. The molecule has 184 valence electrons. The van der Waals surface area contributed by atoms with Crippen molar-refractivity contribution in [2.24, 2.45) is 0 Å². The number of urea groups is 1. The van der Waals surface area contributed by atoms with Gasteiger partial charge in [-0.3, -0.25) is 0 Å². The Labute approximate surface area is 195 Å². The van der Waals surface area contributed by atoms with Gasteiger partial charge in [-0.1, -0.05) is 6.07 Å². The summed E-state index contributed by atoms with van der Waals surface area (Å²) in [6.45, 7) is 5.40. The van der Waals surface area contributed by atoms with Gasteiger partial charge in [-0.05, 0) is 62.9 Å². The number of benzene rings is 1. The van der Waals surface area contributed by atoms with Gasteiger partial charge in [0, 0.05) is 24.8 Å². The minimum atomic E-state index is -4.78. The molecule has 34 heavy (non-hydrogen) atoms. The number of hydrogen-bond acceptors (Lipinski definition) is 5. The SMILES string of the molecule is CC(C)Nc1ncc2c(n1)CN(C(=O)N[C@@H](c1ccc(C(F)(F)F)c(F)c1)[C@H]1CCCN1)CC2. The second-order valence-electron chi connectivity index (χ2n) is 9.00. The average molecular weight is 481 g/mol. The van der Waals surface area contributed by atoms with Gasteiger partial charge in [-0.2, -0.15) is 13.2 Å². The van der Waals surface area contributed by atoms with Crippen molar-refractivity contribution in [1.29, 1.82) is 0 Å². The molecule has 1 aromatic carbocycles. The predicted molar refractivity (Wildman–Crippen MR) is 119 cm³/mol. The van der Waals surface area contributed by atoms with Crippen molar-refractivity contribution in [1.82, 2.24) is 25.5 Å². The van der Waals surface area contributed by atoms with Crippen LogP contribution in [0.4, 0.5) is 28.3 Å². The van der Waals surface area contributed by atoms with Crippen LogP contribution in [-0.4, -0.2) is 46.1 Å². The fourth-order valence-electron chi connectivity index (χ4n) is 4.40. The standard InChI is InChI=1S/C23H28F4N6O/c1-13(2)30-21-29-11-15-7-9-33(12-19(15)31-21)22(34)32-20(18-4-3-8-28-18)14-5-6-16(17(24)10-14)23(25,26)27/h5-6,10-11,13,18,20,28H,3-4,7-9,12H2,1-2H3,(H,32,34)(H,29,30,31)/t18-,20+/m1/s1. The van der Waals surface area contributed by atoms with E-state index in [1.165, 1.54) is 6.07 Å². The summed E-state index contributed by atoms with van der Waals surface area (Å²) in [5.41, 5.74) is 0.688. The number of anilines is 1. The van der Waals surface area contributed by atoms with E-state index < -0.39 is 23.6 Å². The van der Waals surface area contributed by atoms with Gasteiger partial charge in [-0.25, -0.2) is 19.2 Å². The zero-order valence-electron chi connectivity index (χ0n) is 19.0. The molecule has 2 atom stereocenters. The highest BCUT2D eigenvalue weighted by Gasteiger charge is 2.36. The number of halogens is 4. The first-order chi connectivity index (χ1) is 16.1. The Morgan fingerprint density at radius 2 is 2.09 bits per heavy atom. The van der Waals surface area contributed by atoms with Crippen LogP contribution < -0.4 is 16.0 Å². The highest BCUT2D eigenvalue weighted by molar-refractivity contribution is 5.75. The number of aromatic nitrogens is 2. The lowest BCUT2D eigenvalue weighted by molar-refractivity contribution is -0.140. The number of fused-ring (bicyclic) bond motifs is 1. The normalized spacial score (nSPS) is 19.1. The molecule has 0 aliphatic carbocycles. The average Bonchev–Trinajstić information content (AvgIpc) is 3.30. The second kappa shape index (κ2) is 9.73. The smallest absolute Gasteiger partial charge is 0.352 e. The van der Waals surface area contributed by atoms with Gasteiger partial charge in [0.15, 0.2) is 0 Å². The molecule has 2 aromatic rings. The Bertz CT molecular complexity index is 1040. The number of nitrogens with zero attached hydrogens (tertiary/aromatic N) is 3. The first kappa shape index (κ1) is 24.2. The zero-order chi connectivity index (χ0) is 24.5. The molecule has 2 aliphatic heterocycles. The molecule has 2 aliphatic rings. The van der Waals surface area contributed by atoms with Crippen LogP contribution in [-0.2, 0) is 19.1 Å². The van der Waals surface area contributed by atoms with E-state index >= 15 is 0 Å². The van der Waals surface area contributed by atoms with Crippen LogP contribution >= 0.6 is 0 Å². The summed E-state index contributed by atoms with van der Waals surface area (Å²) >= 11 is 0. The number of carbonyl (C=O) groups excluding carboxylic acids is 1. The number of alkyl halides is 3. The molecule has 3 heterocycles. The number of rotatable bonds is 5. The molecule has 2 amide bonds. The van der Waals surface area contributed by atoms with E-state index in [9.17, 15) is 22.4 Å². The summed E-state index contributed by atoms with van der Waals surface area (Å²) in [7, 11) is 0. The second-order valence-corrected chi connectivity index (χ2v) is 9.00. The Hall–Kier alpha value is -2.95. The Kier molecular flexibility index (Phi) is 6.92. The van der Waals surface area contributed by atoms with E-state index in [0.29, 0.717) is 30.9 Å². The van der Waals surface area contributed by atoms with Crippen molar-refractivity contribution in [3.63, 3.8) is 0 Å². The van der Waals surface area contributed by atoms with Crippen LogP contribution in [0.15, 0.2) is 24.4 Å². The van der Waals surface area contributed by atoms with Crippen molar-refractivity contribution in [2.45, 2.75) is 64.0 Å². The summed E-state index contributed by atoms with van der Waals surface area (Å²) in [5.74, 6) is -0.861. The Morgan fingerprint density at radius 1 is 1.29 bits per heavy atom. The lowest BCUT2D eigenvalue weighted by Crippen LogP contribution is -2.48. The highest BCUT2D eigenvalue weighted by Crippen LogP contribution is 2.33. The number of amides is 2. The van der Waals surface area contributed by atoms with Crippen LogP contribution in [0.2, 0.25) is 0 Å². The maximum atomic E-state index is 14.3. The summed E-state index contributed by atoms with van der Waals surface area (Å²) < 4.78 is 53.3. The zero-order valence-corrected chi connectivity index (χ0v) is 19.0. The van der Waals surface area contributed by atoms with Gasteiger partial charge >= 0.3 is 12.2 Å². The predicted octanol–water partition coefficient (Wildman–Crippen LogP) is 4.02. The molecule has 0 saturated carbocycles. The Morgan fingerprint density at radius 3 is 2.74 bits per heavy atom. The molecule has 0 spiro atoms. The van der Waals surface area contributed by atoms with Crippen molar-refractivity contribution < 1.29 is 22.4 Å². The van der Waals surface area contributed by atoms with Gasteiger partial charge < -0.3 is 20.9 Å². The summed E-state index contributed by atoms with van der Waals surface area (Å²) in [4.78, 5) is 23.6. The summed E-state index contributed by atoms with van der Waals surface area (Å²) in [6.07, 6.45) is -0.850. The molecule has 1 fully saturated rings. The molecule has 1 saturated heterocycles. The van der Waals surface area contributed by atoms with Crippen molar-refractivity contribution in [3.8, 4) is 0 Å². The molecular weight excluding hydrogens is 452 g/mol. The van der Waals surface area contributed by atoms with E-state index in [4.69, 9.17) is 0 Å². The van der Waals surface area contributed by atoms with E-state index in [1.807, 2.05) is 13.8 Å². The third-order valence-corrected chi connectivity index (χ3v) is 6.09. The van der Waals surface area contributed by atoms with Gasteiger partial charge in [0.25, 0.3) is 0 Å². The molecular formula is C23H28F4N6O. The monoisotopic (exact) mass is 480 g/mol. The lowest BCUT2D eigenvalue weighted by Gasteiger charge is -2.32. The maximum absolute atomic E-state index is 14.3. The van der Waals surface area contributed by atoms with Gasteiger partial charge in [0.1, 0.15) is 5.82 Å². The fraction of sp³-hybridized carbons (Fsp3) is 0.522.